The van der Waals surface area contributed by atoms with Crippen LogP contribution in [0.4, 0.5) is 0 Å². The van der Waals surface area contributed by atoms with Crippen molar-refractivity contribution in [2.24, 2.45) is 0 Å². The molecule has 0 radical (unpaired) electrons. The molecule has 12 heteroatoms. The summed E-state index contributed by atoms with van der Waals surface area (Å²) < 4.78 is 22.9. The molecule has 0 spiro atoms. The normalized spacial score (nSPS) is 26.4. The molecular formula is C26H31NO10S. The predicted molar refractivity (Wildman–Crippen MR) is 138 cm³/mol. The first-order valence-corrected chi connectivity index (χ1v) is 13.2. The van der Waals surface area contributed by atoms with Gasteiger partial charge in [-0.1, -0.05) is 6.07 Å². The Bertz CT molecular complexity index is 1240. The molecule has 1 fully saturated rings. The molecule has 2 aromatic carbocycles. The van der Waals surface area contributed by atoms with Crippen molar-refractivity contribution >= 4 is 18.2 Å². The average molecular weight is 550 g/mol. The Kier molecular flexibility index (Phi) is 8.81. The van der Waals surface area contributed by atoms with Gasteiger partial charge in [0.15, 0.2) is 16.9 Å². The van der Waals surface area contributed by atoms with Gasteiger partial charge in [-0.05, 0) is 54.0 Å². The molecule has 0 saturated carbocycles. The highest BCUT2D eigenvalue weighted by molar-refractivity contribution is 7.98. The van der Waals surface area contributed by atoms with Gasteiger partial charge in [0.25, 0.3) is 0 Å². The lowest BCUT2D eigenvalue weighted by atomic mass is 9.95. The van der Waals surface area contributed by atoms with E-state index in [1.54, 1.807) is 12.1 Å². The first-order chi connectivity index (χ1) is 18.3. The summed E-state index contributed by atoms with van der Waals surface area (Å²) in [6, 6.07) is 6.30. The number of ether oxygens (including phenoxy) is 4. The number of aliphatic hydroxyl groups excluding tert-OH is 4. The van der Waals surface area contributed by atoms with Gasteiger partial charge in [-0.15, -0.1) is 11.8 Å². The number of thioether (sulfide) groups is 1. The molecule has 4 rings (SSSR count). The van der Waals surface area contributed by atoms with Crippen molar-refractivity contribution in [1.29, 1.82) is 0 Å². The van der Waals surface area contributed by atoms with Crippen LogP contribution in [-0.2, 0) is 16.0 Å². The number of aliphatic hydroxyl groups is 4. The Hall–Kier alpha value is -2.87. The third kappa shape index (κ3) is 5.07. The van der Waals surface area contributed by atoms with Gasteiger partial charge in [-0.3, -0.25) is 9.59 Å². The van der Waals surface area contributed by atoms with Crippen LogP contribution < -0.4 is 25.0 Å². The molecule has 1 amide bonds. The number of hydrogen-bond acceptors (Lipinski definition) is 11. The fourth-order valence-corrected chi connectivity index (χ4v) is 5.41. The Labute approximate surface area is 223 Å². The molecule has 0 aromatic heterocycles. The second kappa shape index (κ2) is 11.9. The van der Waals surface area contributed by atoms with E-state index in [1.807, 2.05) is 12.3 Å². The van der Waals surface area contributed by atoms with E-state index in [2.05, 4.69) is 5.32 Å². The van der Waals surface area contributed by atoms with Gasteiger partial charge in [0.05, 0.1) is 31.8 Å². The van der Waals surface area contributed by atoms with Gasteiger partial charge in [0, 0.05) is 5.56 Å². The van der Waals surface area contributed by atoms with Crippen molar-refractivity contribution in [3.05, 3.63) is 45.6 Å². The molecule has 1 aliphatic heterocycles. The van der Waals surface area contributed by atoms with Crippen LogP contribution in [0.1, 0.15) is 23.6 Å². The third-order valence-corrected chi connectivity index (χ3v) is 7.64. The number of benzene rings is 1. The Balaban J connectivity index is 1.89. The zero-order valence-electron chi connectivity index (χ0n) is 21.1. The molecule has 2 aromatic rings. The molecule has 11 nitrogen and oxygen atoms in total. The van der Waals surface area contributed by atoms with Crippen molar-refractivity contribution in [2.45, 2.75) is 54.5 Å². The van der Waals surface area contributed by atoms with Crippen LogP contribution in [0, 0.1) is 0 Å². The van der Waals surface area contributed by atoms with E-state index in [1.165, 1.54) is 32.0 Å². The van der Waals surface area contributed by atoms with Gasteiger partial charge in [-0.2, -0.15) is 0 Å². The van der Waals surface area contributed by atoms with Crippen LogP contribution in [0.5, 0.6) is 17.2 Å². The van der Waals surface area contributed by atoms with Gasteiger partial charge in [0.1, 0.15) is 24.4 Å². The van der Waals surface area contributed by atoms with Crippen molar-refractivity contribution in [1.82, 2.24) is 5.32 Å². The van der Waals surface area contributed by atoms with Crippen LogP contribution in [0.25, 0.3) is 11.1 Å². The standard InChI is InChI=1S/C26H31NO10S/c1-34-24-17(36-26-23(33)22(32)21(31)18(10-28)37-26)8-12-4-6-15(27-11-29)14-9-16(30)19(38-3)7-5-13(14)20(12)25(24)35-2/h5,7-9,11,15,18,21-23,26,28,31-33H,4,6,10H2,1-3H3,(H,27,29)/t15-,18?,21-,22?,23?,26-/m1/s1. The minimum absolute atomic E-state index is 0.130. The average Bonchev–Trinajstić information content (AvgIpc) is 3.16. The minimum Gasteiger partial charge on any atom is -0.492 e. The molecule has 1 aliphatic carbocycles. The molecule has 1 heterocycles. The molecule has 3 unspecified atom stereocenters. The highest BCUT2D eigenvalue weighted by Crippen LogP contribution is 2.50. The summed E-state index contributed by atoms with van der Waals surface area (Å²) in [5.74, 6) is 0.585. The van der Waals surface area contributed by atoms with Crippen LogP contribution in [-0.4, -0.2) is 84.6 Å². The van der Waals surface area contributed by atoms with Gasteiger partial charge in [-0.25, -0.2) is 0 Å². The van der Waals surface area contributed by atoms with E-state index in [4.69, 9.17) is 18.9 Å². The van der Waals surface area contributed by atoms with E-state index in [-0.39, 0.29) is 16.9 Å². The largest absolute Gasteiger partial charge is 0.492 e. The van der Waals surface area contributed by atoms with Crippen LogP contribution in [0.3, 0.4) is 0 Å². The topological polar surface area (TPSA) is 164 Å². The third-order valence-electron chi connectivity index (χ3n) is 6.86. The van der Waals surface area contributed by atoms with E-state index >= 15 is 0 Å². The number of carbonyl (C=O) groups is 1. The summed E-state index contributed by atoms with van der Waals surface area (Å²) in [6.45, 7) is -0.603. The maximum atomic E-state index is 12.9. The summed E-state index contributed by atoms with van der Waals surface area (Å²) in [5.41, 5.74) is 2.53. The summed E-state index contributed by atoms with van der Waals surface area (Å²) >= 11 is 1.32. The maximum absolute atomic E-state index is 12.9. The fraction of sp³-hybridized carbons (Fsp3) is 0.462. The van der Waals surface area contributed by atoms with Crippen molar-refractivity contribution in [3.63, 3.8) is 0 Å². The summed E-state index contributed by atoms with van der Waals surface area (Å²) in [4.78, 5) is 24.8. The molecule has 5 N–H and O–H groups in total. The highest BCUT2D eigenvalue weighted by Gasteiger charge is 2.45. The quantitative estimate of drug-likeness (QED) is 0.228. The number of fused-ring (bicyclic) bond motifs is 3. The van der Waals surface area contributed by atoms with E-state index < -0.39 is 43.4 Å². The lowest BCUT2D eigenvalue weighted by Gasteiger charge is -2.39. The first-order valence-electron chi connectivity index (χ1n) is 12.0. The molecule has 0 bridgehead atoms. The molecule has 38 heavy (non-hydrogen) atoms. The minimum atomic E-state index is -1.62. The zero-order valence-corrected chi connectivity index (χ0v) is 21.9. The molecule has 1 saturated heterocycles. The monoisotopic (exact) mass is 549 g/mol. The SMILES string of the molecule is COc1c(O[C@@H]2OC(CO)[C@@H](O)C(O)C2O)cc2c(c1OC)-c1ccc(SC)c(=O)cc1[C@H](NC=O)CC2. The van der Waals surface area contributed by atoms with E-state index in [0.717, 1.165) is 5.56 Å². The lowest BCUT2D eigenvalue weighted by molar-refractivity contribution is -0.277. The van der Waals surface area contributed by atoms with Gasteiger partial charge in [0.2, 0.25) is 18.4 Å². The number of rotatable bonds is 8. The van der Waals surface area contributed by atoms with Gasteiger partial charge < -0.3 is 44.7 Å². The predicted octanol–water partition coefficient (Wildman–Crippen LogP) is 0.365. The number of nitrogens with one attached hydrogen (secondary N) is 1. The summed E-state index contributed by atoms with van der Waals surface area (Å²) in [6.07, 6.45) is -4.03. The summed E-state index contributed by atoms with van der Waals surface area (Å²) in [5, 5.41) is 43.1. The number of carbonyl (C=O) groups excluding carboxylic acids is 1. The zero-order chi connectivity index (χ0) is 27.6. The van der Waals surface area contributed by atoms with Crippen molar-refractivity contribution in [2.75, 3.05) is 27.1 Å². The van der Waals surface area contributed by atoms with E-state index in [0.29, 0.717) is 46.6 Å². The van der Waals surface area contributed by atoms with Crippen molar-refractivity contribution in [3.8, 4) is 28.4 Å². The molecular weight excluding hydrogens is 518 g/mol. The Morgan fingerprint density at radius 3 is 2.47 bits per heavy atom. The molecule has 6 atom stereocenters. The smallest absolute Gasteiger partial charge is 0.229 e. The maximum Gasteiger partial charge on any atom is 0.229 e. The number of aryl methyl sites for hydroxylation is 1. The van der Waals surface area contributed by atoms with Crippen molar-refractivity contribution < 1.29 is 44.2 Å². The first kappa shape index (κ1) is 28.1. The molecule has 206 valence electrons. The number of amides is 1. The second-order valence-electron chi connectivity index (χ2n) is 8.95. The van der Waals surface area contributed by atoms with Crippen LogP contribution in [0.15, 0.2) is 34.0 Å². The Morgan fingerprint density at radius 1 is 1.11 bits per heavy atom. The van der Waals surface area contributed by atoms with Gasteiger partial charge >= 0.3 is 0 Å². The van der Waals surface area contributed by atoms with E-state index in [9.17, 15) is 30.0 Å². The fourth-order valence-electron chi connectivity index (χ4n) is 4.95. The van der Waals surface area contributed by atoms with Crippen LogP contribution in [0.2, 0.25) is 0 Å². The van der Waals surface area contributed by atoms with Crippen LogP contribution >= 0.6 is 11.8 Å². The number of methoxy groups -OCH3 is 2. The summed E-state index contributed by atoms with van der Waals surface area (Å²) in [7, 11) is 2.86. The molecule has 2 aliphatic rings. The second-order valence-corrected chi connectivity index (χ2v) is 9.79. The Morgan fingerprint density at radius 2 is 1.84 bits per heavy atom. The highest BCUT2D eigenvalue weighted by atomic mass is 32.2. The lowest BCUT2D eigenvalue weighted by Crippen LogP contribution is -2.60. The number of hydrogen-bond donors (Lipinski definition) is 5.